The van der Waals surface area contributed by atoms with Gasteiger partial charge in [0.1, 0.15) is 4.60 Å². The molecule has 4 heteroatoms. The number of carbonyl (C=O) groups excluding carboxylic acids is 1. The summed E-state index contributed by atoms with van der Waals surface area (Å²) < 4.78 is 5.56. The molecule has 0 saturated heterocycles. The van der Waals surface area contributed by atoms with E-state index < -0.39 is 0 Å². The van der Waals surface area contributed by atoms with Crippen molar-refractivity contribution < 1.29 is 9.53 Å². The predicted molar refractivity (Wildman–Crippen MR) is 57.0 cm³/mol. The van der Waals surface area contributed by atoms with Crippen LogP contribution in [-0.4, -0.2) is 17.6 Å². The van der Waals surface area contributed by atoms with Crippen LogP contribution >= 0.6 is 15.9 Å². The Bertz CT molecular complexity index is 339. The zero-order valence-corrected chi connectivity index (χ0v) is 9.80. The Morgan fingerprint density at radius 1 is 1.57 bits per heavy atom. The van der Waals surface area contributed by atoms with Crippen molar-refractivity contribution in [3.8, 4) is 0 Å². The molecule has 14 heavy (non-hydrogen) atoms. The minimum atomic E-state index is -0.223. The number of ether oxygens (including phenoxy) is 1. The maximum Gasteiger partial charge on any atom is 0.310 e. The topological polar surface area (TPSA) is 39.2 Å². The lowest BCUT2D eigenvalue weighted by atomic mass is 10.2. The second kappa shape index (κ2) is 5.10. The van der Waals surface area contributed by atoms with Gasteiger partial charge in [0.25, 0.3) is 0 Å². The number of aromatic nitrogens is 1. The first-order valence-electron chi connectivity index (χ1n) is 4.41. The van der Waals surface area contributed by atoms with Crippen LogP contribution in [-0.2, 0) is 16.0 Å². The van der Waals surface area contributed by atoms with E-state index in [9.17, 15) is 4.79 Å². The van der Waals surface area contributed by atoms with E-state index in [4.69, 9.17) is 4.74 Å². The summed E-state index contributed by atoms with van der Waals surface area (Å²) in [4.78, 5) is 15.4. The lowest BCUT2D eigenvalue weighted by molar-refractivity contribution is -0.142. The number of esters is 1. The Morgan fingerprint density at radius 2 is 2.29 bits per heavy atom. The third-order valence-electron chi connectivity index (χ3n) is 1.71. The Labute approximate surface area is 91.6 Å². The van der Waals surface area contributed by atoms with E-state index in [0.717, 1.165) is 11.3 Å². The van der Waals surface area contributed by atoms with Gasteiger partial charge in [-0.05, 0) is 41.4 Å². The van der Waals surface area contributed by atoms with Crippen molar-refractivity contribution in [1.29, 1.82) is 0 Å². The Morgan fingerprint density at radius 3 is 2.86 bits per heavy atom. The zero-order chi connectivity index (χ0) is 10.6. The average Bonchev–Trinajstić information content (AvgIpc) is 2.10. The number of halogens is 1. The Balaban J connectivity index is 2.72. The molecule has 0 fully saturated rings. The van der Waals surface area contributed by atoms with E-state index in [0.29, 0.717) is 11.2 Å². The quantitative estimate of drug-likeness (QED) is 0.616. The summed E-state index contributed by atoms with van der Waals surface area (Å²) in [6, 6.07) is 3.75. The lowest BCUT2D eigenvalue weighted by Crippen LogP contribution is -2.08. The molecule has 0 atom stereocenters. The van der Waals surface area contributed by atoms with Crippen molar-refractivity contribution in [1.82, 2.24) is 4.98 Å². The summed E-state index contributed by atoms with van der Waals surface area (Å²) >= 11 is 3.31. The summed E-state index contributed by atoms with van der Waals surface area (Å²) in [6.07, 6.45) is 0.266. The third-order valence-corrected chi connectivity index (χ3v) is 2.39. The molecule has 1 rings (SSSR count). The largest absolute Gasteiger partial charge is 0.466 e. The molecule has 0 radical (unpaired) electrons. The second-order valence-electron chi connectivity index (χ2n) is 2.88. The van der Waals surface area contributed by atoms with E-state index in [1.54, 1.807) is 6.92 Å². The Kier molecular flexibility index (Phi) is 4.07. The van der Waals surface area contributed by atoms with E-state index in [1.807, 2.05) is 19.1 Å². The van der Waals surface area contributed by atoms with Crippen LogP contribution in [0.15, 0.2) is 16.7 Å². The molecule has 1 aromatic rings. The molecular formula is C10H12BrNO2. The maximum atomic E-state index is 11.2. The highest BCUT2D eigenvalue weighted by Crippen LogP contribution is 2.15. The molecule has 0 unspecified atom stereocenters. The SMILES string of the molecule is CCOC(=O)Cc1ccc(C)nc1Br. The first-order chi connectivity index (χ1) is 6.63. The molecule has 0 aromatic carbocycles. The number of hydrogen-bond acceptors (Lipinski definition) is 3. The van der Waals surface area contributed by atoms with Crippen LogP contribution in [0.3, 0.4) is 0 Å². The number of carbonyl (C=O) groups is 1. The van der Waals surface area contributed by atoms with Crippen LogP contribution in [0.4, 0.5) is 0 Å². The van der Waals surface area contributed by atoms with Gasteiger partial charge >= 0.3 is 5.97 Å². The van der Waals surface area contributed by atoms with E-state index in [2.05, 4.69) is 20.9 Å². The fourth-order valence-corrected chi connectivity index (χ4v) is 1.61. The Hall–Kier alpha value is -0.900. The third kappa shape index (κ3) is 3.10. The van der Waals surface area contributed by atoms with Crippen LogP contribution in [0.1, 0.15) is 18.2 Å². The van der Waals surface area contributed by atoms with Crippen molar-refractivity contribution in [3.05, 3.63) is 28.0 Å². The number of pyridine rings is 1. The number of aryl methyl sites for hydroxylation is 1. The van der Waals surface area contributed by atoms with Crippen molar-refractivity contribution in [2.75, 3.05) is 6.61 Å². The highest BCUT2D eigenvalue weighted by Gasteiger charge is 2.07. The van der Waals surface area contributed by atoms with Crippen molar-refractivity contribution >= 4 is 21.9 Å². The molecule has 0 amide bonds. The fourth-order valence-electron chi connectivity index (χ4n) is 1.05. The van der Waals surface area contributed by atoms with Crippen molar-refractivity contribution in [2.24, 2.45) is 0 Å². The standard InChI is InChI=1S/C10H12BrNO2/c1-3-14-9(13)6-8-5-4-7(2)12-10(8)11/h4-5H,3,6H2,1-2H3. The van der Waals surface area contributed by atoms with Gasteiger partial charge in [0, 0.05) is 5.69 Å². The minimum Gasteiger partial charge on any atom is -0.466 e. The molecule has 0 N–H and O–H groups in total. The molecule has 1 heterocycles. The number of nitrogens with zero attached hydrogens (tertiary/aromatic N) is 1. The van der Waals surface area contributed by atoms with Gasteiger partial charge in [-0.1, -0.05) is 6.07 Å². The molecule has 0 bridgehead atoms. The van der Waals surface area contributed by atoms with Crippen LogP contribution < -0.4 is 0 Å². The minimum absolute atomic E-state index is 0.223. The maximum absolute atomic E-state index is 11.2. The molecule has 0 aliphatic carbocycles. The van der Waals surface area contributed by atoms with Crippen LogP contribution in [0.2, 0.25) is 0 Å². The summed E-state index contributed by atoms with van der Waals surface area (Å²) in [7, 11) is 0. The van der Waals surface area contributed by atoms with Crippen molar-refractivity contribution in [2.45, 2.75) is 20.3 Å². The van der Waals surface area contributed by atoms with E-state index in [1.165, 1.54) is 0 Å². The smallest absolute Gasteiger partial charge is 0.310 e. The fraction of sp³-hybridized carbons (Fsp3) is 0.400. The summed E-state index contributed by atoms with van der Waals surface area (Å²) in [5.74, 6) is -0.223. The molecular weight excluding hydrogens is 246 g/mol. The van der Waals surface area contributed by atoms with Gasteiger partial charge in [0.2, 0.25) is 0 Å². The highest BCUT2D eigenvalue weighted by molar-refractivity contribution is 9.10. The normalized spacial score (nSPS) is 9.93. The van der Waals surface area contributed by atoms with E-state index in [-0.39, 0.29) is 12.4 Å². The van der Waals surface area contributed by atoms with Crippen LogP contribution in [0, 0.1) is 6.92 Å². The molecule has 3 nitrogen and oxygen atoms in total. The van der Waals surface area contributed by atoms with Crippen molar-refractivity contribution in [3.63, 3.8) is 0 Å². The summed E-state index contributed by atoms with van der Waals surface area (Å²) in [6.45, 7) is 4.11. The van der Waals surface area contributed by atoms with Gasteiger partial charge in [-0.25, -0.2) is 4.98 Å². The summed E-state index contributed by atoms with van der Waals surface area (Å²) in [5.41, 5.74) is 1.78. The molecule has 0 saturated carbocycles. The van der Waals surface area contributed by atoms with Gasteiger partial charge < -0.3 is 4.74 Å². The van der Waals surface area contributed by atoms with Gasteiger partial charge in [0.15, 0.2) is 0 Å². The zero-order valence-electron chi connectivity index (χ0n) is 8.21. The van der Waals surface area contributed by atoms with Crippen LogP contribution in [0.25, 0.3) is 0 Å². The first kappa shape index (κ1) is 11.2. The van der Waals surface area contributed by atoms with Gasteiger partial charge in [-0.2, -0.15) is 0 Å². The molecule has 0 spiro atoms. The van der Waals surface area contributed by atoms with Gasteiger partial charge in [0.05, 0.1) is 13.0 Å². The van der Waals surface area contributed by atoms with Crippen LogP contribution in [0.5, 0.6) is 0 Å². The van der Waals surface area contributed by atoms with Gasteiger partial charge in [-0.3, -0.25) is 4.79 Å². The lowest BCUT2D eigenvalue weighted by Gasteiger charge is -2.04. The summed E-state index contributed by atoms with van der Waals surface area (Å²) in [5, 5.41) is 0. The molecule has 0 aliphatic rings. The molecule has 0 aliphatic heterocycles. The second-order valence-corrected chi connectivity index (χ2v) is 3.64. The van der Waals surface area contributed by atoms with Gasteiger partial charge in [-0.15, -0.1) is 0 Å². The molecule has 76 valence electrons. The molecule has 1 aromatic heterocycles. The highest BCUT2D eigenvalue weighted by atomic mass is 79.9. The first-order valence-corrected chi connectivity index (χ1v) is 5.20. The predicted octanol–water partition coefficient (Wildman–Crippen LogP) is 2.26. The number of hydrogen-bond donors (Lipinski definition) is 0. The number of rotatable bonds is 3. The average molecular weight is 258 g/mol. The monoisotopic (exact) mass is 257 g/mol. The van der Waals surface area contributed by atoms with E-state index >= 15 is 0 Å².